The molecule has 0 spiro atoms. The number of piperidine rings is 1. The van der Waals surface area contributed by atoms with E-state index in [0.29, 0.717) is 11.8 Å². The number of allylic oxidation sites excluding steroid dienone is 1. The molecule has 16 heavy (non-hydrogen) atoms. The molecule has 2 fully saturated rings. The second-order valence-electron chi connectivity index (χ2n) is 5.36. The van der Waals surface area contributed by atoms with Gasteiger partial charge in [0, 0.05) is 19.5 Å². The summed E-state index contributed by atoms with van der Waals surface area (Å²) in [6.45, 7) is 6.04. The molecular formula is C14H23NO. The Labute approximate surface area is 98.7 Å². The summed E-state index contributed by atoms with van der Waals surface area (Å²) in [5.74, 6) is 0.968. The van der Waals surface area contributed by atoms with Crippen molar-refractivity contribution < 1.29 is 4.79 Å². The van der Waals surface area contributed by atoms with Crippen LogP contribution in [0.4, 0.5) is 0 Å². The molecule has 2 rings (SSSR count). The maximum Gasteiger partial charge on any atom is 0.222 e. The molecule has 1 saturated carbocycles. The third kappa shape index (κ3) is 3.10. The average Bonchev–Trinajstić information content (AvgIpc) is 2.30. The molecule has 0 radical (unpaired) electrons. The summed E-state index contributed by atoms with van der Waals surface area (Å²) in [6, 6.07) is 0. The van der Waals surface area contributed by atoms with Crippen molar-refractivity contribution in [3.63, 3.8) is 0 Å². The number of carbonyl (C=O) groups excluding carboxylic acids is 1. The lowest BCUT2D eigenvalue weighted by Gasteiger charge is -2.30. The first-order valence-corrected chi connectivity index (χ1v) is 6.70. The van der Waals surface area contributed by atoms with Crippen molar-refractivity contribution >= 4 is 5.91 Å². The zero-order valence-corrected chi connectivity index (χ0v) is 10.2. The highest BCUT2D eigenvalue weighted by molar-refractivity contribution is 5.76. The average molecular weight is 221 g/mol. The molecule has 1 amide bonds. The van der Waals surface area contributed by atoms with Gasteiger partial charge in [0.15, 0.2) is 0 Å². The van der Waals surface area contributed by atoms with Crippen LogP contribution in [0.1, 0.15) is 51.4 Å². The topological polar surface area (TPSA) is 20.3 Å². The Hall–Kier alpha value is -0.790. The first-order valence-electron chi connectivity index (χ1n) is 6.70. The predicted octanol–water partition coefficient (Wildman–Crippen LogP) is 3.14. The van der Waals surface area contributed by atoms with Crippen LogP contribution < -0.4 is 0 Å². The molecule has 0 N–H and O–H groups in total. The number of amides is 1. The molecular weight excluding hydrogens is 198 g/mol. The first-order chi connectivity index (χ1) is 7.75. The molecule has 0 aromatic rings. The molecule has 1 unspecified atom stereocenters. The maximum absolute atomic E-state index is 12.1. The van der Waals surface area contributed by atoms with E-state index >= 15 is 0 Å². The Bertz CT molecular complexity index is 266. The van der Waals surface area contributed by atoms with E-state index in [1.807, 2.05) is 0 Å². The molecule has 0 bridgehead atoms. The number of rotatable bonds is 2. The van der Waals surface area contributed by atoms with Crippen LogP contribution in [0.5, 0.6) is 0 Å². The Morgan fingerprint density at radius 1 is 1.25 bits per heavy atom. The van der Waals surface area contributed by atoms with Gasteiger partial charge in [-0.25, -0.2) is 0 Å². The fourth-order valence-electron chi connectivity index (χ4n) is 2.95. The fourth-order valence-corrected chi connectivity index (χ4v) is 2.95. The Kier molecular flexibility index (Phi) is 4.03. The summed E-state index contributed by atoms with van der Waals surface area (Å²) in [6.07, 6.45) is 9.17. The minimum Gasteiger partial charge on any atom is -0.343 e. The second-order valence-corrected chi connectivity index (χ2v) is 5.36. The van der Waals surface area contributed by atoms with E-state index in [9.17, 15) is 4.79 Å². The molecule has 2 nitrogen and oxygen atoms in total. The van der Waals surface area contributed by atoms with Crippen molar-refractivity contribution in [2.24, 2.45) is 5.92 Å². The lowest BCUT2D eigenvalue weighted by molar-refractivity contribution is -0.133. The van der Waals surface area contributed by atoms with Gasteiger partial charge in [0.25, 0.3) is 0 Å². The van der Waals surface area contributed by atoms with Gasteiger partial charge in [-0.1, -0.05) is 12.2 Å². The second kappa shape index (κ2) is 5.51. The van der Waals surface area contributed by atoms with Gasteiger partial charge >= 0.3 is 0 Å². The van der Waals surface area contributed by atoms with E-state index < -0.39 is 0 Å². The standard InChI is InChI=1S/C14H23NO/c1-12-6-5-7-13(10-12)11-14(16)15-8-3-2-4-9-15/h13H,1-11H2. The summed E-state index contributed by atoms with van der Waals surface area (Å²) in [4.78, 5) is 14.1. The molecule has 1 atom stereocenters. The van der Waals surface area contributed by atoms with Crippen molar-refractivity contribution in [3.05, 3.63) is 12.2 Å². The summed E-state index contributed by atoms with van der Waals surface area (Å²) in [7, 11) is 0. The van der Waals surface area contributed by atoms with Crippen molar-refractivity contribution in [3.8, 4) is 0 Å². The number of hydrogen-bond donors (Lipinski definition) is 0. The number of nitrogens with zero attached hydrogens (tertiary/aromatic N) is 1. The minimum atomic E-state index is 0.388. The van der Waals surface area contributed by atoms with Gasteiger partial charge in [0.2, 0.25) is 5.91 Å². The highest BCUT2D eigenvalue weighted by atomic mass is 16.2. The molecule has 0 aromatic carbocycles. The normalized spacial score (nSPS) is 26.9. The number of likely N-dealkylation sites (tertiary alicyclic amines) is 1. The van der Waals surface area contributed by atoms with Gasteiger partial charge < -0.3 is 4.90 Å². The smallest absolute Gasteiger partial charge is 0.222 e. The molecule has 1 heterocycles. The molecule has 1 saturated heterocycles. The van der Waals surface area contributed by atoms with Crippen LogP contribution in [0.2, 0.25) is 0 Å². The van der Waals surface area contributed by atoms with Gasteiger partial charge in [-0.05, 0) is 50.9 Å². The van der Waals surface area contributed by atoms with Crippen LogP contribution in [-0.4, -0.2) is 23.9 Å². The van der Waals surface area contributed by atoms with E-state index in [0.717, 1.165) is 25.9 Å². The van der Waals surface area contributed by atoms with Crippen LogP contribution in [0.25, 0.3) is 0 Å². The summed E-state index contributed by atoms with van der Waals surface area (Å²) < 4.78 is 0. The fraction of sp³-hybridized carbons (Fsp3) is 0.786. The third-order valence-corrected chi connectivity index (χ3v) is 3.89. The molecule has 0 aromatic heterocycles. The van der Waals surface area contributed by atoms with Crippen molar-refractivity contribution in [2.75, 3.05) is 13.1 Å². The van der Waals surface area contributed by atoms with E-state index in [1.54, 1.807) is 0 Å². The third-order valence-electron chi connectivity index (χ3n) is 3.89. The van der Waals surface area contributed by atoms with Crippen molar-refractivity contribution in [1.29, 1.82) is 0 Å². The number of carbonyl (C=O) groups is 1. The van der Waals surface area contributed by atoms with E-state index in [1.165, 1.54) is 44.1 Å². The van der Waals surface area contributed by atoms with Crippen molar-refractivity contribution in [1.82, 2.24) is 4.90 Å². The van der Waals surface area contributed by atoms with Gasteiger partial charge in [0.1, 0.15) is 0 Å². The zero-order chi connectivity index (χ0) is 11.4. The molecule has 1 aliphatic heterocycles. The Morgan fingerprint density at radius 2 is 2.00 bits per heavy atom. The first kappa shape index (κ1) is 11.7. The van der Waals surface area contributed by atoms with Crippen LogP contribution in [0.3, 0.4) is 0 Å². The molecule has 2 aliphatic rings. The van der Waals surface area contributed by atoms with E-state index in [2.05, 4.69) is 11.5 Å². The highest BCUT2D eigenvalue weighted by Crippen LogP contribution is 2.30. The monoisotopic (exact) mass is 221 g/mol. The quantitative estimate of drug-likeness (QED) is 0.656. The largest absolute Gasteiger partial charge is 0.343 e. The van der Waals surface area contributed by atoms with E-state index in [4.69, 9.17) is 0 Å². The van der Waals surface area contributed by atoms with Crippen LogP contribution >= 0.6 is 0 Å². The van der Waals surface area contributed by atoms with Crippen LogP contribution in [0.15, 0.2) is 12.2 Å². The minimum absolute atomic E-state index is 0.388. The Balaban J connectivity index is 1.79. The maximum atomic E-state index is 12.1. The molecule has 90 valence electrons. The van der Waals surface area contributed by atoms with Crippen molar-refractivity contribution in [2.45, 2.75) is 51.4 Å². The SMILES string of the molecule is C=C1CCCC(CC(=O)N2CCCCC2)C1. The van der Waals surface area contributed by atoms with Gasteiger partial charge in [-0.2, -0.15) is 0 Å². The highest BCUT2D eigenvalue weighted by Gasteiger charge is 2.23. The van der Waals surface area contributed by atoms with Gasteiger partial charge in [-0.15, -0.1) is 0 Å². The lowest BCUT2D eigenvalue weighted by atomic mass is 9.84. The van der Waals surface area contributed by atoms with Crippen LogP contribution in [0, 0.1) is 5.92 Å². The summed E-state index contributed by atoms with van der Waals surface area (Å²) in [5, 5.41) is 0. The Morgan fingerprint density at radius 3 is 2.69 bits per heavy atom. The van der Waals surface area contributed by atoms with Crippen LogP contribution in [-0.2, 0) is 4.79 Å². The zero-order valence-electron chi connectivity index (χ0n) is 10.2. The molecule has 1 aliphatic carbocycles. The van der Waals surface area contributed by atoms with Gasteiger partial charge in [-0.3, -0.25) is 4.79 Å². The van der Waals surface area contributed by atoms with Gasteiger partial charge in [0.05, 0.1) is 0 Å². The van der Waals surface area contributed by atoms with E-state index in [-0.39, 0.29) is 0 Å². The summed E-state index contributed by atoms with van der Waals surface area (Å²) >= 11 is 0. The summed E-state index contributed by atoms with van der Waals surface area (Å²) in [5.41, 5.74) is 1.35. The number of hydrogen-bond acceptors (Lipinski definition) is 1. The molecule has 2 heteroatoms. The lowest BCUT2D eigenvalue weighted by Crippen LogP contribution is -2.36. The predicted molar refractivity (Wildman–Crippen MR) is 66.1 cm³/mol.